The first-order valence-electron chi connectivity index (χ1n) is 7.08. The van der Waals surface area contributed by atoms with Crippen molar-refractivity contribution in [3.05, 3.63) is 78.5 Å². The van der Waals surface area contributed by atoms with E-state index in [-0.39, 0.29) is 0 Å². The Morgan fingerprint density at radius 2 is 1.62 bits per heavy atom. The summed E-state index contributed by atoms with van der Waals surface area (Å²) in [6.45, 7) is 5.89. The molecule has 3 heteroatoms. The Labute approximate surface area is 124 Å². The van der Waals surface area contributed by atoms with Gasteiger partial charge in [0, 0.05) is 11.3 Å². The lowest BCUT2D eigenvalue weighted by molar-refractivity contribution is 0.0895. The van der Waals surface area contributed by atoms with Crippen LogP contribution in [-0.4, -0.2) is 16.7 Å². The summed E-state index contributed by atoms with van der Waals surface area (Å²) >= 11 is 0. The predicted molar refractivity (Wildman–Crippen MR) is 86.3 cm³/mol. The smallest absolute Gasteiger partial charge is 0.186 e. The van der Waals surface area contributed by atoms with E-state index in [1.54, 1.807) is 0 Å². The van der Waals surface area contributed by atoms with Crippen LogP contribution in [0.5, 0.6) is 0 Å². The Bertz CT molecular complexity index is 679. The molecule has 2 aromatic carbocycles. The van der Waals surface area contributed by atoms with E-state index in [0.717, 1.165) is 17.1 Å². The summed E-state index contributed by atoms with van der Waals surface area (Å²) in [5, 5.41) is 11.0. The van der Waals surface area contributed by atoms with Crippen LogP contribution in [-0.2, 0) is 0 Å². The summed E-state index contributed by atoms with van der Waals surface area (Å²) in [7, 11) is 0. The molecular weight excluding hydrogens is 260 g/mol. The summed E-state index contributed by atoms with van der Waals surface area (Å²) in [6.07, 6.45) is 0.514. The average Bonchev–Trinajstić information content (AvgIpc) is 2.81. The Hall–Kier alpha value is -2.39. The van der Waals surface area contributed by atoms with E-state index in [1.165, 1.54) is 0 Å². The van der Waals surface area contributed by atoms with E-state index in [1.807, 2.05) is 72.5 Å². The number of benzene rings is 2. The van der Waals surface area contributed by atoms with Gasteiger partial charge in [-0.2, -0.15) is 0 Å². The van der Waals surface area contributed by atoms with Gasteiger partial charge in [0.2, 0.25) is 0 Å². The van der Waals surface area contributed by atoms with E-state index < -0.39 is 5.72 Å². The molecule has 1 atom stereocenters. The molecule has 0 spiro atoms. The first-order chi connectivity index (χ1) is 10.2. The van der Waals surface area contributed by atoms with Crippen LogP contribution in [0.4, 0.5) is 5.69 Å². The van der Waals surface area contributed by atoms with Crippen LogP contribution in [0.2, 0.25) is 0 Å². The topological polar surface area (TPSA) is 35.8 Å². The van der Waals surface area contributed by atoms with Gasteiger partial charge in [-0.05, 0) is 18.6 Å². The van der Waals surface area contributed by atoms with Crippen LogP contribution in [0.15, 0.2) is 77.9 Å². The SMILES string of the molecule is C=C1N=C(c2ccccc2)N(c2ccccc2)C1(O)CC. The third-order valence-electron chi connectivity index (χ3n) is 3.82. The average molecular weight is 278 g/mol. The van der Waals surface area contributed by atoms with Gasteiger partial charge in [-0.15, -0.1) is 0 Å². The monoisotopic (exact) mass is 278 g/mol. The maximum Gasteiger partial charge on any atom is 0.186 e. The minimum atomic E-state index is -1.17. The molecule has 0 aromatic heterocycles. The maximum atomic E-state index is 11.0. The zero-order chi connectivity index (χ0) is 14.9. The van der Waals surface area contributed by atoms with Gasteiger partial charge >= 0.3 is 0 Å². The largest absolute Gasteiger partial charge is 0.365 e. The minimum absolute atomic E-state index is 0.479. The van der Waals surface area contributed by atoms with E-state index in [0.29, 0.717) is 12.1 Å². The van der Waals surface area contributed by atoms with Crippen LogP contribution in [0.1, 0.15) is 18.9 Å². The fourth-order valence-corrected chi connectivity index (χ4v) is 2.63. The summed E-state index contributed by atoms with van der Waals surface area (Å²) in [4.78, 5) is 6.40. The van der Waals surface area contributed by atoms with Crippen molar-refractivity contribution >= 4 is 11.5 Å². The molecule has 2 aromatic rings. The van der Waals surface area contributed by atoms with Crippen molar-refractivity contribution in [3.8, 4) is 0 Å². The van der Waals surface area contributed by atoms with Gasteiger partial charge in [-0.25, -0.2) is 4.99 Å². The van der Waals surface area contributed by atoms with Crippen LogP contribution < -0.4 is 4.90 Å². The highest BCUT2D eigenvalue weighted by Gasteiger charge is 2.44. The molecule has 0 saturated carbocycles. The fourth-order valence-electron chi connectivity index (χ4n) is 2.63. The second kappa shape index (κ2) is 5.19. The third kappa shape index (κ3) is 2.16. The number of anilines is 1. The highest BCUT2D eigenvalue weighted by molar-refractivity contribution is 6.13. The zero-order valence-corrected chi connectivity index (χ0v) is 12.0. The number of hydrogen-bond acceptors (Lipinski definition) is 3. The molecular formula is C18H18N2O. The van der Waals surface area contributed by atoms with Crippen molar-refractivity contribution in [2.45, 2.75) is 19.1 Å². The summed E-state index contributed by atoms with van der Waals surface area (Å²) < 4.78 is 0. The standard InChI is InChI=1S/C18H18N2O/c1-3-18(21)14(2)19-17(15-10-6-4-7-11-15)20(18)16-12-8-5-9-13-16/h4-13,21H,2-3H2,1H3. The van der Waals surface area contributed by atoms with Crippen molar-refractivity contribution in [1.29, 1.82) is 0 Å². The summed E-state index contributed by atoms with van der Waals surface area (Å²) in [5.74, 6) is 0.733. The molecule has 0 bridgehead atoms. The molecule has 21 heavy (non-hydrogen) atoms. The molecule has 3 rings (SSSR count). The molecule has 3 nitrogen and oxygen atoms in total. The predicted octanol–water partition coefficient (Wildman–Crippen LogP) is 3.57. The Kier molecular flexibility index (Phi) is 3.35. The van der Waals surface area contributed by atoms with Crippen molar-refractivity contribution in [1.82, 2.24) is 0 Å². The normalized spacial score (nSPS) is 21.5. The van der Waals surface area contributed by atoms with E-state index in [9.17, 15) is 5.11 Å². The molecule has 106 valence electrons. The Morgan fingerprint density at radius 1 is 1.05 bits per heavy atom. The zero-order valence-electron chi connectivity index (χ0n) is 12.0. The molecule has 1 heterocycles. The highest BCUT2D eigenvalue weighted by atomic mass is 16.3. The van der Waals surface area contributed by atoms with Crippen molar-refractivity contribution in [2.75, 3.05) is 4.90 Å². The van der Waals surface area contributed by atoms with Crippen molar-refractivity contribution in [3.63, 3.8) is 0 Å². The van der Waals surface area contributed by atoms with Gasteiger partial charge in [0.15, 0.2) is 5.72 Å². The molecule has 1 N–H and O–H groups in total. The number of para-hydroxylation sites is 1. The van der Waals surface area contributed by atoms with Crippen LogP contribution in [0, 0.1) is 0 Å². The van der Waals surface area contributed by atoms with Crippen LogP contribution >= 0.6 is 0 Å². The molecule has 1 aliphatic heterocycles. The second-order valence-electron chi connectivity index (χ2n) is 5.09. The summed E-state index contributed by atoms with van der Waals surface area (Å²) in [6, 6.07) is 19.7. The van der Waals surface area contributed by atoms with Gasteiger partial charge in [-0.3, -0.25) is 4.90 Å². The number of nitrogens with zero attached hydrogens (tertiary/aromatic N) is 2. The first kappa shape index (κ1) is 13.6. The summed E-state index contributed by atoms with van der Waals surface area (Å²) in [5.41, 5.74) is 1.18. The third-order valence-corrected chi connectivity index (χ3v) is 3.82. The lowest BCUT2D eigenvalue weighted by Gasteiger charge is -2.35. The van der Waals surface area contributed by atoms with Gasteiger partial charge in [0.05, 0.1) is 5.70 Å². The van der Waals surface area contributed by atoms with Gasteiger partial charge in [0.1, 0.15) is 5.84 Å². The molecule has 0 fully saturated rings. The Balaban J connectivity index is 2.15. The van der Waals surface area contributed by atoms with E-state index >= 15 is 0 Å². The first-order valence-corrected chi connectivity index (χ1v) is 7.08. The minimum Gasteiger partial charge on any atom is -0.365 e. The number of aliphatic imine (C=N–C) groups is 1. The van der Waals surface area contributed by atoms with E-state index in [4.69, 9.17) is 0 Å². The fraction of sp³-hybridized carbons (Fsp3) is 0.167. The van der Waals surface area contributed by atoms with Crippen LogP contribution in [0.25, 0.3) is 0 Å². The van der Waals surface area contributed by atoms with Gasteiger partial charge in [-0.1, -0.05) is 62.0 Å². The number of aliphatic hydroxyl groups is 1. The van der Waals surface area contributed by atoms with Crippen molar-refractivity contribution < 1.29 is 5.11 Å². The number of hydrogen-bond donors (Lipinski definition) is 1. The Morgan fingerprint density at radius 3 is 2.19 bits per heavy atom. The van der Waals surface area contributed by atoms with Crippen molar-refractivity contribution in [2.24, 2.45) is 4.99 Å². The van der Waals surface area contributed by atoms with Gasteiger partial charge < -0.3 is 5.11 Å². The molecule has 0 aliphatic carbocycles. The lowest BCUT2D eigenvalue weighted by atomic mass is 10.0. The lowest BCUT2D eigenvalue weighted by Crippen LogP contribution is -2.48. The molecule has 1 aliphatic rings. The van der Waals surface area contributed by atoms with E-state index in [2.05, 4.69) is 11.6 Å². The maximum absolute atomic E-state index is 11.0. The van der Waals surface area contributed by atoms with Crippen LogP contribution in [0.3, 0.4) is 0 Å². The molecule has 0 radical (unpaired) electrons. The molecule has 0 amide bonds. The highest BCUT2D eigenvalue weighted by Crippen LogP contribution is 2.37. The number of rotatable bonds is 3. The second-order valence-corrected chi connectivity index (χ2v) is 5.09. The van der Waals surface area contributed by atoms with Gasteiger partial charge in [0.25, 0.3) is 0 Å². The molecule has 1 unspecified atom stereocenters. The number of amidine groups is 1. The molecule has 0 saturated heterocycles. The quantitative estimate of drug-likeness (QED) is 0.931.